The van der Waals surface area contributed by atoms with Gasteiger partial charge in [0.25, 0.3) is 0 Å². The van der Waals surface area contributed by atoms with Crippen LogP contribution in [0.15, 0.2) is 0 Å². The van der Waals surface area contributed by atoms with Crippen molar-refractivity contribution in [2.45, 2.75) is 38.3 Å². The number of carbonyl (C=O) groups excluding carboxylic acids is 1. The molecule has 1 aliphatic carbocycles. The van der Waals surface area contributed by atoms with Gasteiger partial charge in [0.15, 0.2) is 0 Å². The van der Waals surface area contributed by atoms with Crippen molar-refractivity contribution in [3.8, 4) is 0 Å². The molecule has 1 aliphatic rings. The van der Waals surface area contributed by atoms with E-state index in [0.717, 1.165) is 0 Å². The van der Waals surface area contributed by atoms with Crippen LogP contribution in [-0.2, 0) is 9.59 Å². The number of hydrogen-bond donors (Lipinski definition) is 2. The fourth-order valence-electron chi connectivity index (χ4n) is 2.12. The smallest absolute Gasteiger partial charge is 0.390 e. The monoisotopic (exact) mass is 267 g/mol. The highest BCUT2D eigenvalue weighted by atomic mass is 19.4. The van der Waals surface area contributed by atoms with Gasteiger partial charge in [0.2, 0.25) is 5.91 Å². The highest BCUT2D eigenvalue weighted by molar-refractivity contribution is 5.80. The Morgan fingerprint density at radius 1 is 1.22 bits per heavy atom. The maximum atomic E-state index is 11.9. The largest absolute Gasteiger partial charge is 0.481 e. The molecule has 0 radical (unpaired) electrons. The van der Waals surface area contributed by atoms with Crippen LogP contribution < -0.4 is 5.32 Å². The molecule has 0 spiro atoms. The second-order valence-corrected chi connectivity index (χ2v) is 4.55. The molecular weight excluding hydrogens is 251 g/mol. The molecule has 0 saturated heterocycles. The predicted octanol–water partition coefficient (Wildman–Crippen LogP) is 1.95. The summed E-state index contributed by atoms with van der Waals surface area (Å²) in [5, 5.41) is 11.1. The molecule has 0 aromatic heterocycles. The van der Waals surface area contributed by atoms with E-state index < -0.39 is 42.9 Å². The van der Waals surface area contributed by atoms with E-state index in [2.05, 4.69) is 5.32 Å². The number of alkyl halides is 3. The van der Waals surface area contributed by atoms with Crippen molar-refractivity contribution in [1.29, 1.82) is 0 Å². The third-order valence-corrected chi connectivity index (χ3v) is 3.10. The van der Waals surface area contributed by atoms with Crippen molar-refractivity contribution in [3.05, 3.63) is 0 Å². The van der Waals surface area contributed by atoms with Crippen LogP contribution in [0.4, 0.5) is 13.2 Å². The Morgan fingerprint density at radius 3 is 2.39 bits per heavy atom. The van der Waals surface area contributed by atoms with Gasteiger partial charge in [0.05, 0.1) is 12.3 Å². The molecule has 104 valence electrons. The predicted molar refractivity (Wildman–Crippen MR) is 56.8 cm³/mol. The third kappa shape index (κ3) is 4.93. The van der Waals surface area contributed by atoms with Gasteiger partial charge in [-0.25, -0.2) is 0 Å². The van der Waals surface area contributed by atoms with Crippen LogP contribution in [0.2, 0.25) is 0 Å². The van der Waals surface area contributed by atoms with Gasteiger partial charge in [0, 0.05) is 12.5 Å². The van der Waals surface area contributed by atoms with E-state index in [1.54, 1.807) is 0 Å². The van der Waals surface area contributed by atoms with Crippen LogP contribution in [0.1, 0.15) is 32.1 Å². The maximum absolute atomic E-state index is 11.9. The molecule has 0 aromatic rings. The minimum atomic E-state index is -4.29. The molecule has 1 saturated carbocycles. The molecule has 7 heteroatoms. The molecule has 1 amide bonds. The summed E-state index contributed by atoms with van der Waals surface area (Å²) in [5.41, 5.74) is 0. The van der Waals surface area contributed by atoms with Crippen molar-refractivity contribution in [2.75, 3.05) is 6.54 Å². The summed E-state index contributed by atoms with van der Waals surface area (Å²) < 4.78 is 35.7. The average molecular weight is 267 g/mol. The van der Waals surface area contributed by atoms with Gasteiger partial charge < -0.3 is 10.4 Å². The molecule has 2 unspecified atom stereocenters. The normalized spacial score (nSPS) is 24.6. The molecule has 0 aromatic carbocycles. The summed E-state index contributed by atoms with van der Waals surface area (Å²) in [6.07, 6.45) is -3.44. The first-order valence-electron chi connectivity index (χ1n) is 5.87. The van der Waals surface area contributed by atoms with Gasteiger partial charge in [-0.15, -0.1) is 0 Å². The average Bonchev–Trinajstić information content (AvgIpc) is 2.27. The lowest BCUT2D eigenvalue weighted by Crippen LogP contribution is -2.36. The second kappa shape index (κ2) is 6.06. The highest BCUT2D eigenvalue weighted by Crippen LogP contribution is 2.29. The zero-order valence-corrected chi connectivity index (χ0v) is 9.79. The first-order valence-corrected chi connectivity index (χ1v) is 5.87. The Hall–Kier alpha value is -1.27. The topological polar surface area (TPSA) is 66.4 Å². The Morgan fingerprint density at radius 2 is 1.83 bits per heavy atom. The molecule has 0 bridgehead atoms. The molecular formula is C11H16F3NO3. The molecule has 1 fully saturated rings. The minimum Gasteiger partial charge on any atom is -0.481 e. The van der Waals surface area contributed by atoms with E-state index in [-0.39, 0.29) is 6.42 Å². The highest BCUT2D eigenvalue weighted by Gasteiger charge is 2.32. The number of carboxylic acids is 1. The van der Waals surface area contributed by atoms with Crippen molar-refractivity contribution >= 4 is 11.9 Å². The van der Waals surface area contributed by atoms with E-state index in [9.17, 15) is 22.8 Å². The summed E-state index contributed by atoms with van der Waals surface area (Å²) in [4.78, 5) is 22.4. The van der Waals surface area contributed by atoms with Crippen LogP contribution in [0.25, 0.3) is 0 Å². The van der Waals surface area contributed by atoms with Crippen LogP contribution in [0, 0.1) is 11.8 Å². The van der Waals surface area contributed by atoms with Gasteiger partial charge in [-0.1, -0.05) is 6.42 Å². The summed E-state index contributed by atoms with van der Waals surface area (Å²) in [6.45, 7) is -0.448. The maximum Gasteiger partial charge on any atom is 0.390 e. The number of carboxylic acid groups (broad SMARTS) is 1. The molecule has 2 atom stereocenters. The lowest BCUT2D eigenvalue weighted by molar-refractivity contribution is -0.144. The molecule has 2 N–H and O–H groups in total. The third-order valence-electron chi connectivity index (χ3n) is 3.10. The van der Waals surface area contributed by atoms with Gasteiger partial charge in [-0.3, -0.25) is 9.59 Å². The van der Waals surface area contributed by atoms with Crippen LogP contribution in [0.3, 0.4) is 0 Å². The summed E-state index contributed by atoms with van der Waals surface area (Å²) in [7, 11) is 0. The summed E-state index contributed by atoms with van der Waals surface area (Å²) in [6, 6.07) is 0. The number of amides is 1. The molecule has 18 heavy (non-hydrogen) atoms. The van der Waals surface area contributed by atoms with Gasteiger partial charge >= 0.3 is 12.1 Å². The second-order valence-electron chi connectivity index (χ2n) is 4.55. The van der Waals surface area contributed by atoms with Gasteiger partial charge in [0.1, 0.15) is 0 Å². The number of rotatable bonds is 4. The molecule has 0 heterocycles. The SMILES string of the molecule is O=C(O)C1CCCC(C(=O)NCCC(F)(F)F)C1. The Kier molecular flexibility index (Phi) is 4.98. The summed E-state index contributed by atoms with van der Waals surface area (Å²) >= 11 is 0. The van der Waals surface area contributed by atoms with Crippen molar-refractivity contribution in [2.24, 2.45) is 11.8 Å². The van der Waals surface area contributed by atoms with E-state index in [0.29, 0.717) is 19.3 Å². The minimum absolute atomic E-state index is 0.215. The Balaban J connectivity index is 2.35. The number of nitrogens with one attached hydrogen (secondary N) is 1. The molecule has 4 nitrogen and oxygen atoms in total. The van der Waals surface area contributed by atoms with E-state index in [1.165, 1.54) is 0 Å². The summed E-state index contributed by atoms with van der Waals surface area (Å²) in [5.74, 6) is -2.45. The number of aliphatic carboxylic acids is 1. The Bertz CT molecular complexity index is 317. The Labute approximate surface area is 103 Å². The lowest BCUT2D eigenvalue weighted by Gasteiger charge is -2.25. The van der Waals surface area contributed by atoms with Crippen molar-refractivity contribution in [1.82, 2.24) is 5.32 Å². The van der Waals surface area contributed by atoms with Crippen LogP contribution in [-0.4, -0.2) is 29.7 Å². The number of halogens is 3. The quantitative estimate of drug-likeness (QED) is 0.818. The first kappa shape index (κ1) is 14.8. The number of hydrogen-bond acceptors (Lipinski definition) is 2. The standard InChI is InChI=1S/C11H16F3NO3/c12-11(13,14)4-5-15-9(16)7-2-1-3-8(6-7)10(17)18/h7-8H,1-6H2,(H,15,16)(H,17,18). The van der Waals surface area contributed by atoms with Gasteiger partial charge in [-0.05, 0) is 19.3 Å². The van der Waals surface area contributed by atoms with Crippen molar-refractivity contribution in [3.63, 3.8) is 0 Å². The molecule has 1 rings (SSSR count). The van der Waals surface area contributed by atoms with Crippen LogP contribution in [0.5, 0.6) is 0 Å². The molecule has 0 aliphatic heterocycles. The van der Waals surface area contributed by atoms with E-state index in [1.807, 2.05) is 0 Å². The van der Waals surface area contributed by atoms with Crippen molar-refractivity contribution < 1.29 is 27.9 Å². The van der Waals surface area contributed by atoms with E-state index in [4.69, 9.17) is 5.11 Å². The van der Waals surface area contributed by atoms with Gasteiger partial charge in [-0.2, -0.15) is 13.2 Å². The number of carbonyl (C=O) groups is 2. The zero-order chi connectivity index (χ0) is 13.8. The zero-order valence-electron chi connectivity index (χ0n) is 9.79. The lowest BCUT2D eigenvalue weighted by atomic mass is 9.81. The van der Waals surface area contributed by atoms with Crippen LogP contribution >= 0.6 is 0 Å². The first-order chi connectivity index (χ1) is 8.29. The fraction of sp³-hybridized carbons (Fsp3) is 0.818. The fourth-order valence-corrected chi connectivity index (χ4v) is 2.12. The van der Waals surface area contributed by atoms with E-state index >= 15 is 0 Å².